The Morgan fingerprint density at radius 2 is 2.00 bits per heavy atom. The number of aromatic nitrogens is 1. The van der Waals surface area contributed by atoms with Gasteiger partial charge in [-0.25, -0.2) is 4.99 Å². The van der Waals surface area contributed by atoms with Gasteiger partial charge in [0.2, 0.25) is 0 Å². The van der Waals surface area contributed by atoms with Crippen molar-refractivity contribution < 1.29 is 4.52 Å². The minimum absolute atomic E-state index is 0. The van der Waals surface area contributed by atoms with Crippen LogP contribution < -0.4 is 11.1 Å². The van der Waals surface area contributed by atoms with Crippen molar-refractivity contribution in [3.63, 3.8) is 0 Å². The highest BCUT2D eigenvalue weighted by Crippen LogP contribution is 2.25. The smallest absolute Gasteiger partial charge is 0.189 e. The van der Waals surface area contributed by atoms with Crippen molar-refractivity contribution in [3.8, 4) is 0 Å². The van der Waals surface area contributed by atoms with Crippen LogP contribution in [0.2, 0.25) is 10.0 Å². The first-order valence-electron chi connectivity index (χ1n) is 7.33. The molecule has 132 valence electrons. The van der Waals surface area contributed by atoms with Crippen molar-refractivity contribution in [3.05, 3.63) is 51.3 Å². The number of hydrogen-bond acceptors (Lipinski definition) is 3. The van der Waals surface area contributed by atoms with Gasteiger partial charge in [0.25, 0.3) is 0 Å². The van der Waals surface area contributed by atoms with Crippen molar-refractivity contribution in [1.82, 2.24) is 10.5 Å². The molecule has 24 heavy (non-hydrogen) atoms. The lowest BCUT2D eigenvalue weighted by molar-refractivity contribution is 0.376. The largest absolute Gasteiger partial charge is 0.370 e. The second-order valence-electron chi connectivity index (χ2n) is 5.61. The third-order valence-corrected chi connectivity index (χ3v) is 3.93. The maximum absolute atomic E-state index is 6.18. The second-order valence-corrected chi connectivity index (χ2v) is 6.45. The van der Waals surface area contributed by atoms with E-state index in [0.29, 0.717) is 34.2 Å². The molecule has 0 aliphatic carbocycles. The van der Waals surface area contributed by atoms with E-state index < -0.39 is 0 Å². The lowest BCUT2D eigenvalue weighted by Gasteiger charge is -2.16. The molecule has 0 spiro atoms. The summed E-state index contributed by atoms with van der Waals surface area (Å²) in [6, 6.07) is 7.15. The van der Waals surface area contributed by atoms with E-state index in [-0.39, 0.29) is 30.0 Å². The SMILES string of the molecule is CC(C)c1cc(CN=C(N)NC(C)c2ccc(Cl)cc2Cl)on1.I. The fourth-order valence-corrected chi connectivity index (χ4v) is 2.61. The molecule has 5 nitrogen and oxygen atoms in total. The molecule has 0 saturated carbocycles. The summed E-state index contributed by atoms with van der Waals surface area (Å²) >= 11 is 12.1. The molecule has 2 rings (SSSR count). The number of aliphatic imine (C=N–C) groups is 1. The first-order valence-corrected chi connectivity index (χ1v) is 8.09. The van der Waals surface area contributed by atoms with Gasteiger partial charge in [-0.05, 0) is 30.5 Å². The summed E-state index contributed by atoms with van der Waals surface area (Å²) in [5.74, 6) is 1.31. The van der Waals surface area contributed by atoms with Crippen LogP contribution in [0.4, 0.5) is 0 Å². The molecule has 0 bridgehead atoms. The third kappa shape index (κ3) is 5.82. The molecule has 0 saturated heterocycles. The highest BCUT2D eigenvalue weighted by molar-refractivity contribution is 14.0. The van der Waals surface area contributed by atoms with Crippen LogP contribution in [0.5, 0.6) is 0 Å². The lowest BCUT2D eigenvalue weighted by atomic mass is 10.1. The fraction of sp³-hybridized carbons (Fsp3) is 0.375. The Labute approximate surface area is 169 Å². The molecular formula is C16H21Cl2IN4O. The van der Waals surface area contributed by atoms with Crippen LogP contribution in [-0.4, -0.2) is 11.1 Å². The fourth-order valence-electron chi connectivity index (χ4n) is 2.04. The third-order valence-electron chi connectivity index (χ3n) is 3.37. The van der Waals surface area contributed by atoms with Gasteiger partial charge in [-0.1, -0.05) is 48.3 Å². The van der Waals surface area contributed by atoms with Gasteiger partial charge in [-0.3, -0.25) is 0 Å². The van der Waals surface area contributed by atoms with Crippen LogP contribution in [0.15, 0.2) is 33.8 Å². The molecule has 0 fully saturated rings. The average molecular weight is 483 g/mol. The number of nitrogens with zero attached hydrogens (tertiary/aromatic N) is 2. The number of benzene rings is 1. The molecular weight excluding hydrogens is 462 g/mol. The zero-order valence-corrected chi connectivity index (χ0v) is 17.6. The zero-order chi connectivity index (χ0) is 17.0. The van der Waals surface area contributed by atoms with Crippen molar-refractivity contribution in [2.75, 3.05) is 0 Å². The molecule has 1 heterocycles. The summed E-state index contributed by atoms with van der Waals surface area (Å²) in [4.78, 5) is 4.26. The van der Waals surface area contributed by atoms with E-state index in [1.807, 2.05) is 19.1 Å². The van der Waals surface area contributed by atoms with E-state index in [4.69, 9.17) is 33.5 Å². The molecule has 2 aromatic rings. The summed E-state index contributed by atoms with van der Waals surface area (Å²) in [7, 11) is 0. The van der Waals surface area contributed by atoms with Gasteiger partial charge in [-0.15, -0.1) is 24.0 Å². The van der Waals surface area contributed by atoms with Gasteiger partial charge in [-0.2, -0.15) is 0 Å². The van der Waals surface area contributed by atoms with Crippen LogP contribution >= 0.6 is 47.2 Å². The summed E-state index contributed by atoms with van der Waals surface area (Å²) in [6.07, 6.45) is 0. The number of halogens is 3. The zero-order valence-electron chi connectivity index (χ0n) is 13.7. The highest BCUT2D eigenvalue weighted by Gasteiger charge is 2.11. The molecule has 1 atom stereocenters. The molecule has 1 unspecified atom stereocenters. The van der Waals surface area contributed by atoms with Crippen LogP contribution in [0.25, 0.3) is 0 Å². The van der Waals surface area contributed by atoms with Crippen molar-refractivity contribution in [1.29, 1.82) is 0 Å². The topological polar surface area (TPSA) is 76.4 Å². The Bertz CT molecular complexity index is 703. The van der Waals surface area contributed by atoms with E-state index in [1.165, 1.54) is 0 Å². The minimum Gasteiger partial charge on any atom is -0.370 e. The normalized spacial score (nSPS) is 12.8. The van der Waals surface area contributed by atoms with Gasteiger partial charge >= 0.3 is 0 Å². The standard InChI is InChI=1S/C16H20Cl2N4O.HI/c1-9(2)15-7-12(23-22-15)8-20-16(19)21-10(3)13-5-4-11(17)6-14(13)18;/h4-7,9-10H,8H2,1-3H3,(H3,19,20,21);1H. The summed E-state index contributed by atoms with van der Waals surface area (Å²) in [5.41, 5.74) is 7.72. The van der Waals surface area contributed by atoms with Crippen LogP contribution in [-0.2, 0) is 6.54 Å². The second kappa shape index (κ2) is 9.48. The average Bonchev–Trinajstić information content (AvgIpc) is 2.94. The predicted octanol–water partition coefficient (Wildman–Crippen LogP) is 4.89. The molecule has 0 radical (unpaired) electrons. The van der Waals surface area contributed by atoms with Gasteiger partial charge in [0.15, 0.2) is 11.7 Å². The number of nitrogens with two attached hydrogens (primary N) is 1. The lowest BCUT2D eigenvalue weighted by Crippen LogP contribution is -2.33. The number of rotatable bonds is 5. The Kier molecular flexibility index (Phi) is 8.32. The highest BCUT2D eigenvalue weighted by atomic mass is 127. The molecule has 0 aliphatic heterocycles. The number of hydrogen-bond donors (Lipinski definition) is 2. The molecule has 0 aliphatic rings. The van der Waals surface area contributed by atoms with Crippen molar-refractivity contribution in [2.45, 2.75) is 39.3 Å². The predicted molar refractivity (Wildman–Crippen MR) is 109 cm³/mol. The van der Waals surface area contributed by atoms with Crippen molar-refractivity contribution >= 4 is 53.1 Å². The number of nitrogens with one attached hydrogen (secondary N) is 1. The summed E-state index contributed by atoms with van der Waals surface area (Å²) in [6.45, 7) is 6.39. The Morgan fingerprint density at radius 3 is 2.58 bits per heavy atom. The van der Waals surface area contributed by atoms with Gasteiger partial charge in [0, 0.05) is 16.1 Å². The molecule has 1 aromatic carbocycles. The monoisotopic (exact) mass is 482 g/mol. The first-order chi connectivity index (χ1) is 10.9. The van der Waals surface area contributed by atoms with Gasteiger partial charge in [0.1, 0.15) is 6.54 Å². The molecule has 8 heteroatoms. The Morgan fingerprint density at radius 1 is 1.29 bits per heavy atom. The summed E-state index contributed by atoms with van der Waals surface area (Å²) < 4.78 is 5.22. The Hall–Kier alpha value is -0.990. The molecule has 3 N–H and O–H groups in total. The van der Waals surface area contributed by atoms with E-state index in [0.717, 1.165) is 11.3 Å². The van der Waals surface area contributed by atoms with E-state index in [9.17, 15) is 0 Å². The van der Waals surface area contributed by atoms with Gasteiger partial charge in [0.05, 0.1) is 11.7 Å². The van der Waals surface area contributed by atoms with Crippen molar-refractivity contribution in [2.24, 2.45) is 10.7 Å². The van der Waals surface area contributed by atoms with Gasteiger partial charge < -0.3 is 15.6 Å². The minimum atomic E-state index is -0.0931. The van der Waals surface area contributed by atoms with Crippen LogP contribution in [0.3, 0.4) is 0 Å². The number of guanidine groups is 1. The van der Waals surface area contributed by atoms with Crippen LogP contribution in [0, 0.1) is 0 Å². The van der Waals surface area contributed by atoms with E-state index >= 15 is 0 Å². The maximum atomic E-state index is 6.18. The maximum Gasteiger partial charge on any atom is 0.189 e. The first kappa shape index (κ1) is 21.1. The molecule has 1 aromatic heterocycles. The summed E-state index contributed by atoms with van der Waals surface area (Å²) in [5, 5.41) is 8.26. The quantitative estimate of drug-likeness (QED) is 0.361. The van der Waals surface area contributed by atoms with E-state index in [1.54, 1.807) is 12.1 Å². The Balaban J connectivity index is 0.00000288. The van der Waals surface area contributed by atoms with E-state index in [2.05, 4.69) is 29.3 Å². The molecule has 0 amide bonds. The van der Waals surface area contributed by atoms with Crippen LogP contribution in [0.1, 0.15) is 49.7 Å².